The molecule has 1 rings (SSSR count). The molecule has 0 saturated heterocycles. The first-order chi connectivity index (χ1) is 6.02. The highest BCUT2D eigenvalue weighted by Crippen LogP contribution is 2.32. The average Bonchev–Trinajstić information content (AvgIpc) is 2.01. The van der Waals surface area contributed by atoms with Crippen molar-refractivity contribution in [3.63, 3.8) is 0 Å². The van der Waals surface area contributed by atoms with E-state index in [2.05, 4.69) is 24.4 Å². The second-order valence-corrected chi connectivity index (χ2v) is 4.32. The van der Waals surface area contributed by atoms with Crippen molar-refractivity contribution in [2.24, 2.45) is 10.5 Å². The third kappa shape index (κ3) is 2.83. The number of hydrogen-bond donors (Lipinski definition) is 1. The van der Waals surface area contributed by atoms with Crippen molar-refractivity contribution in [2.75, 3.05) is 0 Å². The Morgan fingerprint density at radius 1 is 1.46 bits per heavy atom. The van der Waals surface area contributed by atoms with Gasteiger partial charge in [-0.2, -0.15) is 5.10 Å². The molecule has 1 saturated carbocycles. The number of rotatable bonds is 1. The summed E-state index contributed by atoms with van der Waals surface area (Å²) in [6.07, 6.45) is 4.66. The highest BCUT2D eigenvalue weighted by molar-refractivity contribution is 5.91. The van der Waals surface area contributed by atoms with Crippen LogP contribution in [0.25, 0.3) is 0 Å². The number of hydrazone groups is 1. The van der Waals surface area contributed by atoms with Crippen LogP contribution in [0.2, 0.25) is 0 Å². The third-order valence-electron chi connectivity index (χ3n) is 2.59. The van der Waals surface area contributed by atoms with Crippen LogP contribution >= 0.6 is 0 Å². The van der Waals surface area contributed by atoms with Crippen molar-refractivity contribution in [3.05, 3.63) is 0 Å². The van der Waals surface area contributed by atoms with E-state index in [4.69, 9.17) is 0 Å². The molecule has 0 atom stereocenters. The predicted octanol–water partition coefficient (Wildman–Crippen LogP) is 2.08. The topological polar surface area (TPSA) is 41.5 Å². The predicted molar refractivity (Wildman–Crippen MR) is 53.5 cm³/mol. The van der Waals surface area contributed by atoms with Crippen LogP contribution in [-0.2, 0) is 4.79 Å². The second-order valence-electron chi connectivity index (χ2n) is 4.32. The maximum Gasteiger partial charge on any atom is 0.236 e. The molecule has 1 aliphatic rings. The Kier molecular flexibility index (Phi) is 3.07. The highest BCUT2D eigenvalue weighted by Gasteiger charge is 2.28. The van der Waals surface area contributed by atoms with E-state index in [1.807, 2.05) is 0 Å². The quantitative estimate of drug-likeness (QED) is 0.620. The molecule has 13 heavy (non-hydrogen) atoms. The normalized spacial score (nSPS) is 24.4. The number of nitrogens with one attached hydrogen (secondary N) is 1. The lowest BCUT2D eigenvalue weighted by Crippen LogP contribution is -2.30. The number of carbonyl (C=O) groups is 1. The van der Waals surface area contributed by atoms with Crippen LogP contribution in [0.4, 0.5) is 0 Å². The fourth-order valence-corrected chi connectivity index (χ4v) is 1.70. The van der Waals surface area contributed by atoms with Gasteiger partial charge in [0.15, 0.2) is 0 Å². The first-order valence-corrected chi connectivity index (χ1v) is 4.86. The molecule has 0 aromatic rings. The Morgan fingerprint density at radius 3 is 2.69 bits per heavy atom. The Hall–Kier alpha value is -0.860. The van der Waals surface area contributed by atoms with Gasteiger partial charge in [-0.15, -0.1) is 0 Å². The molecule has 0 aromatic carbocycles. The summed E-state index contributed by atoms with van der Waals surface area (Å²) >= 11 is 0. The van der Waals surface area contributed by atoms with Gasteiger partial charge in [0, 0.05) is 18.1 Å². The van der Waals surface area contributed by atoms with E-state index in [1.54, 1.807) is 0 Å². The minimum atomic E-state index is -0.0890. The van der Waals surface area contributed by atoms with E-state index < -0.39 is 0 Å². The van der Waals surface area contributed by atoms with Crippen molar-refractivity contribution in [1.82, 2.24) is 5.43 Å². The highest BCUT2D eigenvalue weighted by atomic mass is 16.2. The van der Waals surface area contributed by atoms with E-state index in [-0.39, 0.29) is 11.3 Å². The molecule has 0 unspecified atom stereocenters. The van der Waals surface area contributed by atoms with Crippen molar-refractivity contribution in [3.8, 4) is 0 Å². The molecule has 3 nitrogen and oxygen atoms in total. The van der Waals surface area contributed by atoms with Gasteiger partial charge in [0.1, 0.15) is 0 Å². The Labute approximate surface area is 79.6 Å². The van der Waals surface area contributed by atoms with Gasteiger partial charge in [-0.25, -0.2) is 5.43 Å². The van der Waals surface area contributed by atoms with Crippen molar-refractivity contribution in [1.29, 1.82) is 0 Å². The smallest absolute Gasteiger partial charge is 0.236 e. The van der Waals surface area contributed by atoms with Crippen LogP contribution in [0.5, 0.6) is 0 Å². The maximum atomic E-state index is 10.7. The molecule has 1 amide bonds. The molecule has 1 N–H and O–H groups in total. The molecule has 1 aliphatic carbocycles. The van der Waals surface area contributed by atoms with Gasteiger partial charge in [0.05, 0.1) is 0 Å². The first-order valence-electron chi connectivity index (χ1n) is 4.86. The fourth-order valence-electron chi connectivity index (χ4n) is 1.70. The summed E-state index contributed by atoms with van der Waals surface area (Å²) in [5.41, 5.74) is 3.82. The van der Waals surface area contributed by atoms with E-state index in [0.717, 1.165) is 12.1 Å². The number of carbonyl (C=O) groups excluding carboxylic acids is 1. The Morgan fingerprint density at radius 2 is 2.15 bits per heavy atom. The summed E-state index contributed by atoms with van der Waals surface area (Å²) in [5, 5.41) is 4.15. The van der Waals surface area contributed by atoms with Gasteiger partial charge < -0.3 is 0 Å². The Bertz CT molecular complexity index is 231. The summed E-state index contributed by atoms with van der Waals surface area (Å²) < 4.78 is 0. The third-order valence-corrected chi connectivity index (χ3v) is 2.59. The van der Waals surface area contributed by atoms with E-state index in [0.29, 0.717) is 0 Å². The van der Waals surface area contributed by atoms with Gasteiger partial charge in [-0.05, 0) is 19.3 Å². The van der Waals surface area contributed by atoms with E-state index >= 15 is 0 Å². The van der Waals surface area contributed by atoms with Crippen LogP contribution in [-0.4, -0.2) is 11.6 Å². The van der Waals surface area contributed by atoms with Crippen molar-refractivity contribution >= 4 is 11.6 Å². The van der Waals surface area contributed by atoms with Crippen molar-refractivity contribution in [2.45, 2.75) is 46.5 Å². The van der Waals surface area contributed by atoms with Gasteiger partial charge in [-0.3, -0.25) is 4.79 Å². The molecule has 0 spiro atoms. The average molecular weight is 182 g/mol. The summed E-state index contributed by atoms with van der Waals surface area (Å²) in [6.45, 7) is 5.86. The fraction of sp³-hybridized carbons (Fsp3) is 0.800. The minimum Gasteiger partial charge on any atom is -0.274 e. The lowest BCUT2D eigenvalue weighted by Gasteiger charge is -2.30. The number of hydrogen-bond acceptors (Lipinski definition) is 2. The second kappa shape index (κ2) is 3.90. The molecule has 3 heteroatoms. The molecule has 1 fully saturated rings. The molecule has 0 heterocycles. The summed E-state index contributed by atoms with van der Waals surface area (Å²) in [6, 6.07) is 0. The molecule has 0 bridgehead atoms. The monoisotopic (exact) mass is 182 g/mol. The lowest BCUT2D eigenvalue weighted by molar-refractivity contribution is -0.118. The molecular weight excluding hydrogens is 164 g/mol. The van der Waals surface area contributed by atoms with Gasteiger partial charge in [0.25, 0.3) is 0 Å². The van der Waals surface area contributed by atoms with Gasteiger partial charge in [-0.1, -0.05) is 20.3 Å². The SMILES string of the molecule is CC(=O)N/N=C1/CCCCC1(C)C. The van der Waals surface area contributed by atoms with Crippen LogP contribution in [0.1, 0.15) is 46.5 Å². The van der Waals surface area contributed by atoms with Gasteiger partial charge in [0.2, 0.25) is 5.91 Å². The molecule has 0 aliphatic heterocycles. The number of nitrogens with zero attached hydrogens (tertiary/aromatic N) is 1. The molecule has 74 valence electrons. The summed E-state index contributed by atoms with van der Waals surface area (Å²) in [4.78, 5) is 10.7. The number of amides is 1. The van der Waals surface area contributed by atoms with Crippen LogP contribution in [0.15, 0.2) is 5.10 Å². The van der Waals surface area contributed by atoms with Crippen LogP contribution in [0.3, 0.4) is 0 Å². The zero-order chi connectivity index (χ0) is 9.90. The summed E-state index contributed by atoms with van der Waals surface area (Å²) in [5.74, 6) is -0.0890. The standard InChI is InChI=1S/C10H18N2O/c1-8(13)11-12-9-6-4-5-7-10(9,2)3/h4-7H2,1-3H3,(H,11,13)/b12-9-. The summed E-state index contributed by atoms with van der Waals surface area (Å²) in [7, 11) is 0. The zero-order valence-corrected chi connectivity index (χ0v) is 8.68. The van der Waals surface area contributed by atoms with Crippen molar-refractivity contribution < 1.29 is 4.79 Å². The molecule has 0 aromatic heterocycles. The van der Waals surface area contributed by atoms with Gasteiger partial charge >= 0.3 is 0 Å². The van der Waals surface area contributed by atoms with E-state index in [9.17, 15) is 4.79 Å². The molecular formula is C10H18N2O. The van der Waals surface area contributed by atoms with Crippen LogP contribution < -0.4 is 5.43 Å². The lowest BCUT2D eigenvalue weighted by atomic mass is 9.76. The largest absolute Gasteiger partial charge is 0.274 e. The Balaban J connectivity index is 2.64. The first kappa shape index (κ1) is 10.2. The van der Waals surface area contributed by atoms with Crippen LogP contribution in [0, 0.1) is 5.41 Å². The minimum absolute atomic E-state index is 0.0890. The zero-order valence-electron chi connectivity index (χ0n) is 8.68. The molecule has 0 radical (unpaired) electrons. The van der Waals surface area contributed by atoms with E-state index in [1.165, 1.54) is 26.2 Å². The maximum absolute atomic E-state index is 10.7.